The molecule has 4 nitrogen and oxygen atoms in total. The third-order valence-corrected chi connectivity index (χ3v) is 3.08. The van der Waals surface area contributed by atoms with E-state index in [4.69, 9.17) is 4.52 Å². The van der Waals surface area contributed by atoms with E-state index in [9.17, 15) is 0 Å². The number of aromatic nitrogens is 1. The standard InChI is InChI=1S/C11H19N3O/c1-2-14(9-11-5-8-13-15-11)10-3-6-12-7-4-10/h5,8,10,12H,2-4,6-7,9H2,1H3. The van der Waals surface area contributed by atoms with E-state index in [2.05, 4.69) is 22.3 Å². The summed E-state index contributed by atoms with van der Waals surface area (Å²) in [7, 11) is 0. The molecule has 1 saturated heterocycles. The topological polar surface area (TPSA) is 41.3 Å². The van der Waals surface area contributed by atoms with Crippen molar-refractivity contribution in [3.63, 3.8) is 0 Å². The fraction of sp³-hybridized carbons (Fsp3) is 0.727. The summed E-state index contributed by atoms with van der Waals surface area (Å²) in [5.41, 5.74) is 0. The maximum Gasteiger partial charge on any atom is 0.150 e. The Hall–Kier alpha value is -0.870. The third-order valence-electron chi connectivity index (χ3n) is 3.08. The van der Waals surface area contributed by atoms with Crippen LogP contribution in [0, 0.1) is 0 Å². The molecule has 0 bridgehead atoms. The lowest BCUT2D eigenvalue weighted by atomic mass is 10.0. The second-order valence-corrected chi connectivity index (χ2v) is 4.02. The molecule has 4 heteroatoms. The van der Waals surface area contributed by atoms with Crippen molar-refractivity contribution in [3.8, 4) is 0 Å². The summed E-state index contributed by atoms with van der Waals surface area (Å²) in [6.45, 7) is 6.44. The zero-order chi connectivity index (χ0) is 10.5. The molecule has 1 aromatic heterocycles. The molecule has 0 radical (unpaired) electrons. The quantitative estimate of drug-likeness (QED) is 0.810. The number of piperidine rings is 1. The predicted octanol–water partition coefficient (Wildman–Crippen LogP) is 1.25. The second-order valence-electron chi connectivity index (χ2n) is 4.02. The summed E-state index contributed by atoms with van der Waals surface area (Å²) < 4.78 is 5.15. The van der Waals surface area contributed by atoms with Gasteiger partial charge in [-0.05, 0) is 32.5 Å². The fourth-order valence-electron chi connectivity index (χ4n) is 2.19. The minimum absolute atomic E-state index is 0.696. The molecule has 1 N–H and O–H groups in total. The molecule has 0 amide bonds. The van der Waals surface area contributed by atoms with E-state index in [-0.39, 0.29) is 0 Å². The SMILES string of the molecule is CCN(Cc1ccno1)C1CCNCC1. The van der Waals surface area contributed by atoms with Gasteiger partial charge in [0.2, 0.25) is 0 Å². The van der Waals surface area contributed by atoms with Crippen LogP contribution in [0.3, 0.4) is 0 Å². The van der Waals surface area contributed by atoms with Gasteiger partial charge in [-0.15, -0.1) is 0 Å². The van der Waals surface area contributed by atoms with Crippen LogP contribution in [0.15, 0.2) is 16.8 Å². The van der Waals surface area contributed by atoms with Crippen LogP contribution in [-0.2, 0) is 6.54 Å². The Morgan fingerprint density at radius 1 is 1.53 bits per heavy atom. The molecule has 0 spiro atoms. The zero-order valence-electron chi connectivity index (χ0n) is 9.28. The largest absolute Gasteiger partial charge is 0.360 e. The highest BCUT2D eigenvalue weighted by molar-refractivity contribution is 4.93. The molecule has 1 aliphatic rings. The van der Waals surface area contributed by atoms with Gasteiger partial charge >= 0.3 is 0 Å². The van der Waals surface area contributed by atoms with Gasteiger partial charge in [0, 0.05) is 12.1 Å². The first-order valence-electron chi connectivity index (χ1n) is 5.74. The van der Waals surface area contributed by atoms with Crippen LogP contribution in [0.4, 0.5) is 0 Å². The first-order valence-corrected chi connectivity index (χ1v) is 5.74. The van der Waals surface area contributed by atoms with Gasteiger partial charge in [-0.3, -0.25) is 4.90 Å². The molecule has 2 heterocycles. The summed E-state index contributed by atoms with van der Waals surface area (Å²) in [6, 6.07) is 2.64. The number of nitrogens with one attached hydrogen (secondary N) is 1. The van der Waals surface area contributed by atoms with Gasteiger partial charge < -0.3 is 9.84 Å². The van der Waals surface area contributed by atoms with E-state index < -0.39 is 0 Å². The summed E-state index contributed by atoms with van der Waals surface area (Å²) in [6.07, 6.45) is 4.19. The van der Waals surface area contributed by atoms with Crippen molar-refractivity contribution in [2.24, 2.45) is 0 Å². The first-order chi connectivity index (χ1) is 7.40. The van der Waals surface area contributed by atoms with E-state index in [1.54, 1.807) is 6.20 Å². The van der Waals surface area contributed by atoms with Gasteiger partial charge in [0.15, 0.2) is 5.76 Å². The van der Waals surface area contributed by atoms with Crippen LogP contribution in [0.5, 0.6) is 0 Å². The maximum atomic E-state index is 5.15. The summed E-state index contributed by atoms with van der Waals surface area (Å²) >= 11 is 0. The van der Waals surface area contributed by atoms with Crippen LogP contribution < -0.4 is 5.32 Å². The minimum Gasteiger partial charge on any atom is -0.360 e. The van der Waals surface area contributed by atoms with Gasteiger partial charge in [0.25, 0.3) is 0 Å². The molecular weight excluding hydrogens is 190 g/mol. The van der Waals surface area contributed by atoms with E-state index >= 15 is 0 Å². The van der Waals surface area contributed by atoms with Gasteiger partial charge in [0.05, 0.1) is 12.7 Å². The van der Waals surface area contributed by atoms with E-state index in [1.165, 1.54) is 12.8 Å². The molecule has 0 aliphatic carbocycles. The average Bonchev–Trinajstić information content (AvgIpc) is 2.80. The van der Waals surface area contributed by atoms with Crippen LogP contribution in [0.1, 0.15) is 25.5 Å². The van der Waals surface area contributed by atoms with Crippen LogP contribution in [0.2, 0.25) is 0 Å². The number of nitrogens with zero attached hydrogens (tertiary/aromatic N) is 2. The monoisotopic (exact) mass is 209 g/mol. The smallest absolute Gasteiger partial charge is 0.150 e. The van der Waals surface area contributed by atoms with Crippen molar-refractivity contribution in [1.29, 1.82) is 0 Å². The van der Waals surface area contributed by atoms with Crippen LogP contribution >= 0.6 is 0 Å². The molecule has 84 valence electrons. The minimum atomic E-state index is 0.696. The van der Waals surface area contributed by atoms with Crippen molar-refractivity contribution in [2.45, 2.75) is 32.4 Å². The van der Waals surface area contributed by atoms with Gasteiger partial charge in [-0.2, -0.15) is 0 Å². The molecule has 1 aromatic rings. The molecular formula is C11H19N3O. The predicted molar refractivity (Wildman–Crippen MR) is 58.5 cm³/mol. The fourth-order valence-corrected chi connectivity index (χ4v) is 2.19. The molecule has 15 heavy (non-hydrogen) atoms. The molecule has 1 fully saturated rings. The lowest BCUT2D eigenvalue weighted by molar-refractivity contribution is 0.147. The second kappa shape index (κ2) is 5.28. The Kier molecular flexibility index (Phi) is 3.75. The zero-order valence-corrected chi connectivity index (χ0v) is 9.28. The maximum absolute atomic E-state index is 5.15. The summed E-state index contributed by atoms with van der Waals surface area (Å²) in [4.78, 5) is 2.47. The molecule has 0 aromatic carbocycles. The Bertz CT molecular complexity index is 267. The van der Waals surface area contributed by atoms with E-state index in [0.29, 0.717) is 6.04 Å². The Morgan fingerprint density at radius 2 is 2.33 bits per heavy atom. The van der Waals surface area contributed by atoms with E-state index in [1.807, 2.05) is 6.07 Å². The Balaban J connectivity index is 1.91. The number of hydrogen-bond donors (Lipinski definition) is 1. The van der Waals surface area contributed by atoms with Crippen molar-refractivity contribution in [2.75, 3.05) is 19.6 Å². The Labute approximate surface area is 90.6 Å². The Morgan fingerprint density at radius 3 is 2.93 bits per heavy atom. The normalized spacial score (nSPS) is 18.5. The van der Waals surface area contributed by atoms with E-state index in [0.717, 1.165) is 31.9 Å². The van der Waals surface area contributed by atoms with Crippen molar-refractivity contribution >= 4 is 0 Å². The van der Waals surface area contributed by atoms with Crippen molar-refractivity contribution < 1.29 is 4.52 Å². The lowest BCUT2D eigenvalue weighted by Gasteiger charge is -2.33. The molecule has 0 unspecified atom stereocenters. The van der Waals surface area contributed by atoms with Crippen LogP contribution in [-0.4, -0.2) is 35.7 Å². The average molecular weight is 209 g/mol. The molecule has 0 atom stereocenters. The first kappa shape index (κ1) is 10.6. The van der Waals surface area contributed by atoms with Gasteiger partial charge in [-0.25, -0.2) is 0 Å². The molecule has 2 rings (SSSR count). The lowest BCUT2D eigenvalue weighted by Crippen LogP contribution is -2.42. The van der Waals surface area contributed by atoms with Crippen LogP contribution in [0.25, 0.3) is 0 Å². The van der Waals surface area contributed by atoms with Gasteiger partial charge in [-0.1, -0.05) is 12.1 Å². The highest BCUT2D eigenvalue weighted by Crippen LogP contribution is 2.14. The number of rotatable bonds is 4. The highest BCUT2D eigenvalue weighted by atomic mass is 16.5. The van der Waals surface area contributed by atoms with Crippen molar-refractivity contribution in [1.82, 2.24) is 15.4 Å². The summed E-state index contributed by atoms with van der Waals surface area (Å²) in [5, 5.41) is 7.13. The van der Waals surface area contributed by atoms with Gasteiger partial charge in [0.1, 0.15) is 0 Å². The molecule has 1 aliphatic heterocycles. The molecule has 0 saturated carbocycles. The summed E-state index contributed by atoms with van der Waals surface area (Å²) in [5.74, 6) is 0.968. The van der Waals surface area contributed by atoms with Crippen molar-refractivity contribution in [3.05, 3.63) is 18.0 Å². The highest BCUT2D eigenvalue weighted by Gasteiger charge is 2.20. The third kappa shape index (κ3) is 2.79. The number of hydrogen-bond acceptors (Lipinski definition) is 4.